The molecule has 3 nitrogen and oxygen atoms in total. The van der Waals surface area contributed by atoms with Crippen molar-refractivity contribution in [2.45, 2.75) is 37.7 Å². The minimum atomic E-state index is -0.848. The molecule has 114 valence electrons. The first-order chi connectivity index (χ1) is 9.62. The molecule has 0 spiro atoms. The SMILES string of the molecule is CCC(F)CNC1C=CC=C(C(OC)C(N)CF)C=C1. The Morgan fingerprint density at radius 3 is 2.80 bits per heavy atom. The van der Waals surface area contributed by atoms with Gasteiger partial charge in [0.05, 0.1) is 12.1 Å². The van der Waals surface area contributed by atoms with Gasteiger partial charge in [-0.15, -0.1) is 0 Å². The van der Waals surface area contributed by atoms with Gasteiger partial charge in [0.25, 0.3) is 0 Å². The van der Waals surface area contributed by atoms with Crippen LogP contribution >= 0.6 is 0 Å². The van der Waals surface area contributed by atoms with Crippen LogP contribution in [0.5, 0.6) is 0 Å². The van der Waals surface area contributed by atoms with E-state index in [0.717, 1.165) is 5.57 Å². The van der Waals surface area contributed by atoms with Gasteiger partial charge >= 0.3 is 0 Å². The Balaban J connectivity index is 2.63. The fraction of sp³-hybridized carbons (Fsp3) is 0.600. The Morgan fingerprint density at radius 1 is 1.45 bits per heavy atom. The first kappa shape index (κ1) is 17.0. The van der Waals surface area contributed by atoms with Crippen molar-refractivity contribution < 1.29 is 13.5 Å². The summed E-state index contributed by atoms with van der Waals surface area (Å²) in [5.74, 6) is 0. The van der Waals surface area contributed by atoms with Gasteiger partial charge in [-0.2, -0.15) is 0 Å². The van der Waals surface area contributed by atoms with Gasteiger partial charge in [0.1, 0.15) is 12.8 Å². The summed E-state index contributed by atoms with van der Waals surface area (Å²) >= 11 is 0. The monoisotopic (exact) mass is 286 g/mol. The Bertz CT molecular complexity index is 369. The quantitative estimate of drug-likeness (QED) is 0.718. The van der Waals surface area contributed by atoms with E-state index in [1.54, 1.807) is 0 Å². The number of hydrogen-bond donors (Lipinski definition) is 2. The number of ether oxygens (including phenoxy) is 1. The second kappa shape index (κ2) is 9.00. The van der Waals surface area contributed by atoms with Crippen LogP contribution in [-0.2, 0) is 4.74 Å². The molecule has 0 heterocycles. The molecule has 0 saturated heterocycles. The highest BCUT2D eigenvalue weighted by Crippen LogP contribution is 2.15. The van der Waals surface area contributed by atoms with E-state index in [1.807, 2.05) is 37.3 Å². The number of nitrogens with one attached hydrogen (secondary N) is 1. The highest BCUT2D eigenvalue weighted by atomic mass is 19.1. The largest absolute Gasteiger partial charge is 0.375 e. The van der Waals surface area contributed by atoms with E-state index < -0.39 is 25.0 Å². The topological polar surface area (TPSA) is 47.3 Å². The van der Waals surface area contributed by atoms with Crippen LogP contribution in [0.15, 0.2) is 36.0 Å². The fourth-order valence-corrected chi connectivity index (χ4v) is 1.99. The third-order valence-corrected chi connectivity index (χ3v) is 3.27. The molecule has 1 rings (SSSR count). The molecule has 0 amide bonds. The lowest BCUT2D eigenvalue weighted by Crippen LogP contribution is -2.39. The van der Waals surface area contributed by atoms with Gasteiger partial charge in [0, 0.05) is 19.7 Å². The number of halogens is 2. The van der Waals surface area contributed by atoms with Crippen LogP contribution in [0.3, 0.4) is 0 Å². The molecule has 1 aliphatic carbocycles. The zero-order valence-corrected chi connectivity index (χ0v) is 12.1. The van der Waals surface area contributed by atoms with E-state index in [4.69, 9.17) is 10.5 Å². The molecular weight excluding hydrogens is 262 g/mol. The van der Waals surface area contributed by atoms with Gasteiger partial charge in [-0.05, 0) is 12.0 Å². The number of rotatable bonds is 8. The van der Waals surface area contributed by atoms with E-state index in [-0.39, 0.29) is 6.04 Å². The predicted molar refractivity (Wildman–Crippen MR) is 78.1 cm³/mol. The van der Waals surface area contributed by atoms with Crippen molar-refractivity contribution in [3.63, 3.8) is 0 Å². The van der Waals surface area contributed by atoms with Crippen LogP contribution in [0.2, 0.25) is 0 Å². The first-order valence-electron chi connectivity index (χ1n) is 6.90. The van der Waals surface area contributed by atoms with Gasteiger partial charge < -0.3 is 15.8 Å². The summed E-state index contributed by atoms with van der Waals surface area (Å²) in [5, 5.41) is 3.10. The van der Waals surface area contributed by atoms with E-state index >= 15 is 0 Å². The van der Waals surface area contributed by atoms with Crippen molar-refractivity contribution in [1.29, 1.82) is 0 Å². The molecule has 0 saturated carbocycles. The molecule has 0 bridgehead atoms. The molecule has 0 aliphatic heterocycles. The van der Waals surface area contributed by atoms with E-state index in [2.05, 4.69) is 5.32 Å². The van der Waals surface area contributed by atoms with Crippen molar-refractivity contribution in [2.24, 2.45) is 5.73 Å². The predicted octanol–water partition coefficient (Wildman–Crippen LogP) is 2.06. The standard InChI is InChI=1S/C15H24F2N2O/c1-3-12(17)10-19-13-6-4-5-11(7-8-13)15(20-2)14(18)9-16/h4-8,12-15,19H,3,9-10,18H2,1-2H3. The van der Waals surface area contributed by atoms with Gasteiger partial charge in [-0.1, -0.05) is 37.3 Å². The third-order valence-electron chi connectivity index (χ3n) is 3.27. The van der Waals surface area contributed by atoms with Crippen LogP contribution in [0, 0.1) is 0 Å². The summed E-state index contributed by atoms with van der Waals surface area (Å²) in [6.45, 7) is 1.48. The minimum Gasteiger partial charge on any atom is -0.375 e. The fourth-order valence-electron chi connectivity index (χ4n) is 1.99. The summed E-state index contributed by atoms with van der Waals surface area (Å²) in [4.78, 5) is 0. The number of allylic oxidation sites excluding steroid dienone is 2. The summed E-state index contributed by atoms with van der Waals surface area (Å²) in [7, 11) is 1.51. The van der Waals surface area contributed by atoms with E-state index in [0.29, 0.717) is 13.0 Å². The third kappa shape index (κ3) is 5.15. The van der Waals surface area contributed by atoms with Crippen LogP contribution in [0.25, 0.3) is 0 Å². The Labute approximate surface area is 119 Å². The number of nitrogens with two attached hydrogens (primary N) is 1. The van der Waals surface area contributed by atoms with Gasteiger partial charge in [-0.3, -0.25) is 0 Å². The lowest BCUT2D eigenvalue weighted by molar-refractivity contribution is 0.102. The van der Waals surface area contributed by atoms with E-state index in [9.17, 15) is 8.78 Å². The Hall–Kier alpha value is -1.04. The van der Waals surface area contributed by atoms with Crippen LogP contribution < -0.4 is 11.1 Å². The highest BCUT2D eigenvalue weighted by Gasteiger charge is 2.20. The van der Waals surface area contributed by atoms with Gasteiger partial charge in [0.2, 0.25) is 0 Å². The molecule has 4 atom stereocenters. The number of hydrogen-bond acceptors (Lipinski definition) is 3. The van der Waals surface area contributed by atoms with Crippen molar-refractivity contribution in [3.05, 3.63) is 36.0 Å². The molecule has 5 heteroatoms. The summed E-state index contributed by atoms with van der Waals surface area (Å²) in [6, 6.07) is -0.739. The maximum Gasteiger partial charge on any atom is 0.112 e. The second-order valence-corrected chi connectivity index (χ2v) is 4.82. The molecule has 0 aromatic heterocycles. The van der Waals surface area contributed by atoms with E-state index in [1.165, 1.54) is 7.11 Å². The molecule has 20 heavy (non-hydrogen) atoms. The second-order valence-electron chi connectivity index (χ2n) is 4.82. The first-order valence-corrected chi connectivity index (χ1v) is 6.90. The zero-order chi connectivity index (χ0) is 15.0. The van der Waals surface area contributed by atoms with Crippen LogP contribution in [-0.4, -0.2) is 44.7 Å². The van der Waals surface area contributed by atoms with Gasteiger partial charge in [-0.25, -0.2) is 8.78 Å². The average Bonchev–Trinajstić information content (AvgIpc) is 2.71. The van der Waals surface area contributed by atoms with Gasteiger partial charge in [0.15, 0.2) is 0 Å². The lowest BCUT2D eigenvalue weighted by Gasteiger charge is -2.21. The van der Waals surface area contributed by atoms with Crippen molar-refractivity contribution in [1.82, 2.24) is 5.32 Å². The number of alkyl halides is 2. The Morgan fingerprint density at radius 2 is 2.20 bits per heavy atom. The highest BCUT2D eigenvalue weighted by molar-refractivity contribution is 5.34. The molecule has 1 aliphatic rings. The molecule has 4 unspecified atom stereocenters. The Kier molecular flexibility index (Phi) is 7.65. The summed E-state index contributed by atoms with van der Waals surface area (Å²) in [6.07, 6.45) is 8.52. The smallest absolute Gasteiger partial charge is 0.112 e. The maximum atomic E-state index is 13.2. The lowest BCUT2D eigenvalue weighted by atomic mass is 10.0. The average molecular weight is 286 g/mol. The van der Waals surface area contributed by atoms with Crippen molar-refractivity contribution in [2.75, 3.05) is 20.3 Å². The van der Waals surface area contributed by atoms with Crippen LogP contribution in [0.1, 0.15) is 13.3 Å². The summed E-state index contributed by atoms with van der Waals surface area (Å²) < 4.78 is 31.1. The molecule has 0 aromatic carbocycles. The normalized spacial score (nSPS) is 23.1. The maximum absolute atomic E-state index is 13.2. The molecular formula is C15H24F2N2O. The molecule has 3 N–H and O–H groups in total. The minimum absolute atomic E-state index is 0.0485. The van der Waals surface area contributed by atoms with Crippen molar-refractivity contribution >= 4 is 0 Å². The molecule has 0 radical (unpaired) electrons. The summed E-state index contributed by atoms with van der Waals surface area (Å²) in [5.41, 5.74) is 6.51. The molecule has 0 fully saturated rings. The van der Waals surface area contributed by atoms with Crippen molar-refractivity contribution in [3.8, 4) is 0 Å². The molecule has 0 aromatic rings. The van der Waals surface area contributed by atoms with Crippen LogP contribution in [0.4, 0.5) is 8.78 Å². The zero-order valence-electron chi connectivity index (χ0n) is 12.1. The number of methoxy groups -OCH3 is 1.